The quantitative estimate of drug-likeness (QED) is 0.745. The van der Waals surface area contributed by atoms with Crippen LogP contribution >= 0.6 is 15.9 Å². The highest BCUT2D eigenvalue weighted by Gasteiger charge is 2.21. The third-order valence-electron chi connectivity index (χ3n) is 3.81. The predicted molar refractivity (Wildman–Crippen MR) is 85.6 cm³/mol. The van der Waals surface area contributed by atoms with Crippen LogP contribution in [0.2, 0.25) is 0 Å². The Hall–Kier alpha value is -0.0500. The minimum atomic E-state index is 0.259. The third-order valence-corrected chi connectivity index (χ3v) is 4.46. The average Bonchev–Trinajstić information content (AvgIpc) is 2.23. The van der Waals surface area contributed by atoms with E-state index in [-0.39, 0.29) is 11.8 Å². The molecule has 0 aliphatic heterocycles. The van der Waals surface area contributed by atoms with Crippen LogP contribution < -0.4 is 5.32 Å². The average molecular weight is 332 g/mol. The zero-order chi connectivity index (χ0) is 14.3. The molecule has 3 heteroatoms. The van der Waals surface area contributed by atoms with Gasteiger partial charge in [0.2, 0.25) is 5.91 Å². The van der Waals surface area contributed by atoms with Crippen LogP contribution in [-0.4, -0.2) is 17.3 Å². The van der Waals surface area contributed by atoms with E-state index >= 15 is 0 Å². The summed E-state index contributed by atoms with van der Waals surface area (Å²) in [5.41, 5.74) is 0.305. The Bertz CT molecular complexity index is 264. The van der Waals surface area contributed by atoms with Crippen molar-refractivity contribution in [2.45, 2.75) is 77.0 Å². The van der Waals surface area contributed by atoms with E-state index in [9.17, 15) is 4.79 Å². The van der Waals surface area contributed by atoms with Crippen molar-refractivity contribution in [1.29, 1.82) is 0 Å². The van der Waals surface area contributed by atoms with Gasteiger partial charge in [-0.15, -0.1) is 0 Å². The van der Waals surface area contributed by atoms with Gasteiger partial charge in [-0.1, -0.05) is 68.8 Å². The molecule has 1 saturated carbocycles. The van der Waals surface area contributed by atoms with Crippen molar-refractivity contribution in [1.82, 2.24) is 5.32 Å². The molecular weight excluding hydrogens is 302 g/mol. The monoisotopic (exact) mass is 331 g/mol. The van der Waals surface area contributed by atoms with Crippen LogP contribution in [0.3, 0.4) is 0 Å². The van der Waals surface area contributed by atoms with E-state index in [1.54, 1.807) is 0 Å². The number of rotatable bonds is 4. The van der Waals surface area contributed by atoms with Crippen molar-refractivity contribution in [3.8, 4) is 0 Å². The Labute approximate surface area is 127 Å². The predicted octanol–water partition coefficient (Wildman–Crippen LogP) is 4.66. The maximum Gasteiger partial charge on any atom is 0.223 e. The Morgan fingerprint density at radius 2 is 1.68 bits per heavy atom. The molecule has 1 N–H and O–H groups in total. The van der Waals surface area contributed by atoms with Gasteiger partial charge < -0.3 is 5.32 Å². The van der Waals surface area contributed by atoms with Gasteiger partial charge in [0.25, 0.3) is 0 Å². The summed E-state index contributed by atoms with van der Waals surface area (Å²) in [6.45, 7) is 7.46. The molecular formula is C16H30BrNO. The van der Waals surface area contributed by atoms with E-state index in [2.05, 4.69) is 42.0 Å². The van der Waals surface area contributed by atoms with Crippen molar-refractivity contribution in [2.75, 3.05) is 6.54 Å². The van der Waals surface area contributed by atoms with Crippen molar-refractivity contribution < 1.29 is 4.79 Å². The molecule has 1 aliphatic carbocycles. The first-order valence-corrected chi connectivity index (χ1v) is 8.72. The molecule has 0 aromatic carbocycles. The smallest absolute Gasteiger partial charge is 0.223 e. The van der Waals surface area contributed by atoms with Crippen LogP contribution in [0.4, 0.5) is 0 Å². The van der Waals surface area contributed by atoms with Gasteiger partial charge in [-0.3, -0.25) is 4.79 Å². The van der Waals surface area contributed by atoms with E-state index in [1.807, 2.05) is 0 Å². The number of carbonyl (C=O) groups is 1. The summed E-state index contributed by atoms with van der Waals surface area (Å²) in [6.07, 6.45) is 9.64. The third kappa shape index (κ3) is 7.96. The lowest BCUT2D eigenvalue weighted by atomic mass is 9.89. The van der Waals surface area contributed by atoms with Gasteiger partial charge in [-0.2, -0.15) is 0 Å². The van der Waals surface area contributed by atoms with Gasteiger partial charge in [0.15, 0.2) is 0 Å². The number of alkyl halides is 1. The Kier molecular flexibility index (Phi) is 7.41. The minimum Gasteiger partial charge on any atom is -0.355 e. The summed E-state index contributed by atoms with van der Waals surface area (Å²) in [7, 11) is 0. The zero-order valence-electron chi connectivity index (χ0n) is 12.8. The van der Waals surface area contributed by atoms with Gasteiger partial charge in [0.1, 0.15) is 0 Å². The second-order valence-electron chi connectivity index (χ2n) is 7.15. The summed E-state index contributed by atoms with van der Waals surface area (Å²) in [5, 5.41) is 3.14. The molecule has 0 bridgehead atoms. The van der Waals surface area contributed by atoms with Gasteiger partial charge >= 0.3 is 0 Å². The SMILES string of the molecule is CC(C)(C)CC(Br)CNC(=O)C1CCCCCCC1. The summed E-state index contributed by atoms with van der Waals surface area (Å²) in [4.78, 5) is 12.6. The molecule has 0 aromatic rings. The van der Waals surface area contributed by atoms with E-state index in [0.717, 1.165) is 25.8 Å². The Morgan fingerprint density at radius 3 is 2.21 bits per heavy atom. The molecule has 0 aromatic heterocycles. The molecule has 0 radical (unpaired) electrons. The fourth-order valence-electron chi connectivity index (χ4n) is 2.81. The zero-order valence-corrected chi connectivity index (χ0v) is 14.4. The van der Waals surface area contributed by atoms with Crippen molar-refractivity contribution in [3.63, 3.8) is 0 Å². The normalized spacial score (nSPS) is 20.4. The van der Waals surface area contributed by atoms with Crippen LogP contribution in [0, 0.1) is 11.3 Å². The van der Waals surface area contributed by atoms with Crippen molar-refractivity contribution in [2.24, 2.45) is 11.3 Å². The summed E-state index contributed by atoms with van der Waals surface area (Å²) < 4.78 is 0. The van der Waals surface area contributed by atoms with Crippen LogP contribution in [0.15, 0.2) is 0 Å². The van der Waals surface area contributed by atoms with E-state index in [0.29, 0.717) is 10.2 Å². The minimum absolute atomic E-state index is 0.259. The topological polar surface area (TPSA) is 29.1 Å². The summed E-state index contributed by atoms with van der Waals surface area (Å²) >= 11 is 3.68. The second-order valence-corrected chi connectivity index (χ2v) is 8.44. The van der Waals surface area contributed by atoms with E-state index in [4.69, 9.17) is 0 Å². The standard InChI is InChI=1S/C16H30BrNO/c1-16(2,3)11-14(17)12-18-15(19)13-9-7-5-4-6-8-10-13/h13-14H,4-12H2,1-3H3,(H,18,19). The molecule has 0 spiro atoms. The largest absolute Gasteiger partial charge is 0.355 e. The number of amides is 1. The molecule has 0 saturated heterocycles. The number of hydrogen-bond donors (Lipinski definition) is 1. The Balaban J connectivity index is 2.28. The highest BCUT2D eigenvalue weighted by atomic mass is 79.9. The first-order valence-electron chi connectivity index (χ1n) is 7.80. The lowest BCUT2D eigenvalue weighted by Crippen LogP contribution is -2.36. The summed E-state index contributed by atoms with van der Waals surface area (Å²) in [5.74, 6) is 0.537. The number of hydrogen-bond acceptors (Lipinski definition) is 1. The first-order chi connectivity index (χ1) is 8.88. The number of carbonyl (C=O) groups excluding carboxylic acids is 1. The second kappa shape index (κ2) is 8.28. The van der Waals surface area contributed by atoms with Crippen molar-refractivity contribution in [3.05, 3.63) is 0 Å². The van der Waals surface area contributed by atoms with Crippen LogP contribution in [0.1, 0.15) is 72.1 Å². The molecule has 1 rings (SSSR count). The van der Waals surface area contributed by atoms with Gasteiger partial charge in [0.05, 0.1) is 0 Å². The molecule has 19 heavy (non-hydrogen) atoms. The van der Waals surface area contributed by atoms with E-state index < -0.39 is 0 Å². The molecule has 1 atom stereocenters. The molecule has 112 valence electrons. The molecule has 1 amide bonds. The molecule has 0 heterocycles. The lowest BCUT2D eigenvalue weighted by molar-refractivity contribution is -0.125. The molecule has 1 unspecified atom stereocenters. The number of halogens is 1. The highest BCUT2D eigenvalue weighted by Crippen LogP contribution is 2.25. The van der Waals surface area contributed by atoms with Crippen LogP contribution in [0.5, 0.6) is 0 Å². The maximum atomic E-state index is 12.2. The van der Waals surface area contributed by atoms with Crippen molar-refractivity contribution >= 4 is 21.8 Å². The maximum absolute atomic E-state index is 12.2. The highest BCUT2D eigenvalue weighted by molar-refractivity contribution is 9.09. The first kappa shape index (κ1) is 17.0. The Morgan fingerprint density at radius 1 is 1.16 bits per heavy atom. The van der Waals surface area contributed by atoms with Crippen LogP contribution in [-0.2, 0) is 4.79 Å². The van der Waals surface area contributed by atoms with Crippen LogP contribution in [0.25, 0.3) is 0 Å². The van der Waals surface area contributed by atoms with Gasteiger partial charge in [-0.25, -0.2) is 0 Å². The fraction of sp³-hybridized carbons (Fsp3) is 0.938. The fourth-order valence-corrected chi connectivity index (χ4v) is 3.94. The summed E-state index contributed by atoms with van der Waals surface area (Å²) in [6, 6.07) is 0. The molecule has 1 aliphatic rings. The van der Waals surface area contributed by atoms with E-state index in [1.165, 1.54) is 32.1 Å². The van der Waals surface area contributed by atoms with Gasteiger partial charge in [-0.05, 0) is 24.7 Å². The molecule has 2 nitrogen and oxygen atoms in total. The number of nitrogens with one attached hydrogen (secondary N) is 1. The molecule has 1 fully saturated rings. The lowest BCUT2D eigenvalue weighted by Gasteiger charge is -2.24. The van der Waals surface area contributed by atoms with Gasteiger partial charge in [0, 0.05) is 17.3 Å².